The van der Waals surface area contributed by atoms with Gasteiger partial charge in [-0.15, -0.1) is 0 Å². The zero-order valence-electron chi connectivity index (χ0n) is 12.0. The summed E-state index contributed by atoms with van der Waals surface area (Å²) in [5.74, 6) is 0. The quantitative estimate of drug-likeness (QED) is 0.887. The molecule has 2 atom stereocenters. The highest BCUT2D eigenvalue weighted by Crippen LogP contribution is 2.22. The molecule has 2 rings (SSSR count). The molecule has 0 aliphatic carbocycles. The first-order valence-electron chi connectivity index (χ1n) is 7.04. The summed E-state index contributed by atoms with van der Waals surface area (Å²) in [4.78, 5) is 11.2. The lowest BCUT2D eigenvalue weighted by molar-refractivity contribution is 0.00926. The zero-order valence-corrected chi connectivity index (χ0v) is 12.0. The summed E-state index contributed by atoms with van der Waals surface area (Å²) in [6, 6.07) is 8.07. The number of ether oxygens (including phenoxy) is 2. The van der Waals surface area contributed by atoms with E-state index in [-0.39, 0.29) is 0 Å². The molecular formula is C15H22N2O3. The molecule has 1 saturated heterocycles. The van der Waals surface area contributed by atoms with Crippen molar-refractivity contribution in [3.8, 4) is 0 Å². The van der Waals surface area contributed by atoms with Crippen LogP contribution in [0.4, 0.5) is 16.2 Å². The Labute approximate surface area is 119 Å². The Morgan fingerprint density at radius 2 is 2.25 bits per heavy atom. The van der Waals surface area contributed by atoms with Gasteiger partial charge in [-0.1, -0.05) is 13.0 Å². The van der Waals surface area contributed by atoms with Gasteiger partial charge in [0, 0.05) is 24.0 Å². The minimum atomic E-state index is -0.459. The second-order valence-corrected chi connectivity index (χ2v) is 4.96. The molecule has 0 aromatic heterocycles. The molecule has 0 spiro atoms. The van der Waals surface area contributed by atoms with Crippen molar-refractivity contribution >= 4 is 17.5 Å². The monoisotopic (exact) mass is 278 g/mol. The van der Waals surface area contributed by atoms with E-state index in [4.69, 9.17) is 4.74 Å². The molecule has 1 aliphatic rings. The van der Waals surface area contributed by atoms with Crippen molar-refractivity contribution < 1.29 is 14.3 Å². The summed E-state index contributed by atoms with van der Waals surface area (Å²) in [6.07, 6.45) is 2.95. The van der Waals surface area contributed by atoms with Gasteiger partial charge in [0.25, 0.3) is 0 Å². The van der Waals surface area contributed by atoms with E-state index in [0.29, 0.717) is 12.1 Å². The van der Waals surface area contributed by atoms with Crippen molar-refractivity contribution in [1.29, 1.82) is 0 Å². The zero-order chi connectivity index (χ0) is 14.4. The van der Waals surface area contributed by atoms with Crippen LogP contribution in [0.15, 0.2) is 24.3 Å². The van der Waals surface area contributed by atoms with E-state index in [9.17, 15) is 4.79 Å². The molecule has 20 heavy (non-hydrogen) atoms. The minimum absolute atomic E-state index is 0.345. The summed E-state index contributed by atoms with van der Waals surface area (Å²) >= 11 is 0. The maximum absolute atomic E-state index is 11.2. The molecule has 2 N–H and O–H groups in total. The second kappa shape index (κ2) is 7.14. The van der Waals surface area contributed by atoms with Gasteiger partial charge in [-0.25, -0.2) is 4.79 Å². The van der Waals surface area contributed by atoms with Gasteiger partial charge in [-0.05, 0) is 37.5 Å². The predicted molar refractivity (Wildman–Crippen MR) is 79.1 cm³/mol. The number of hydrogen-bond acceptors (Lipinski definition) is 4. The highest BCUT2D eigenvalue weighted by atomic mass is 16.5. The molecule has 1 heterocycles. The molecule has 1 aromatic rings. The van der Waals surface area contributed by atoms with Crippen LogP contribution in [0.5, 0.6) is 0 Å². The molecule has 5 heteroatoms. The molecule has 0 bridgehead atoms. The summed E-state index contributed by atoms with van der Waals surface area (Å²) in [6.45, 7) is 2.95. The van der Waals surface area contributed by atoms with Crippen molar-refractivity contribution in [1.82, 2.24) is 0 Å². The number of rotatable bonds is 4. The molecule has 1 fully saturated rings. The van der Waals surface area contributed by atoms with Crippen LogP contribution in [-0.2, 0) is 9.47 Å². The topological polar surface area (TPSA) is 59.6 Å². The summed E-state index contributed by atoms with van der Waals surface area (Å²) < 4.78 is 10.3. The fourth-order valence-corrected chi connectivity index (χ4v) is 2.39. The normalized spacial score (nSPS) is 22.1. The first-order valence-corrected chi connectivity index (χ1v) is 7.04. The molecule has 2 unspecified atom stereocenters. The van der Waals surface area contributed by atoms with Crippen LogP contribution in [-0.4, -0.2) is 32.0 Å². The van der Waals surface area contributed by atoms with E-state index in [1.807, 2.05) is 24.3 Å². The van der Waals surface area contributed by atoms with Crippen LogP contribution in [0, 0.1) is 0 Å². The van der Waals surface area contributed by atoms with E-state index >= 15 is 0 Å². The molecule has 0 saturated carbocycles. The number of nitrogens with one attached hydrogen (secondary N) is 2. The number of methoxy groups -OCH3 is 1. The SMILES string of the molecule is CCC1CC(Nc2cccc(NC(=O)OC)c2)CCO1. The first-order chi connectivity index (χ1) is 9.71. The number of amides is 1. The average Bonchev–Trinajstić information content (AvgIpc) is 2.47. The number of benzene rings is 1. The molecule has 1 aliphatic heterocycles. The first kappa shape index (κ1) is 14.7. The van der Waals surface area contributed by atoms with Crippen molar-refractivity contribution in [2.75, 3.05) is 24.4 Å². The summed E-state index contributed by atoms with van der Waals surface area (Å²) in [5.41, 5.74) is 1.72. The Morgan fingerprint density at radius 1 is 1.45 bits per heavy atom. The molecular weight excluding hydrogens is 256 g/mol. The van der Waals surface area contributed by atoms with Gasteiger partial charge in [0.2, 0.25) is 0 Å². The van der Waals surface area contributed by atoms with Gasteiger partial charge >= 0.3 is 6.09 Å². The number of anilines is 2. The third-order valence-electron chi connectivity index (χ3n) is 3.49. The predicted octanol–water partition coefficient (Wildman–Crippen LogP) is 3.23. The van der Waals surface area contributed by atoms with Gasteiger partial charge in [0.15, 0.2) is 0 Å². The van der Waals surface area contributed by atoms with E-state index < -0.39 is 6.09 Å². The fourth-order valence-electron chi connectivity index (χ4n) is 2.39. The molecule has 1 aromatic carbocycles. The van der Waals surface area contributed by atoms with E-state index in [2.05, 4.69) is 22.3 Å². The second-order valence-electron chi connectivity index (χ2n) is 4.96. The number of carbonyl (C=O) groups is 1. The van der Waals surface area contributed by atoms with Gasteiger partial charge < -0.3 is 14.8 Å². The van der Waals surface area contributed by atoms with Crippen LogP contribution in [0.1, 0.15) is 26.2 Å². The summed E-state index contributed by atoms with van der Waals surface area (Å²) in [5, 5.41) is 6.17. The molecule has 1 amide bonds. The van der Waals surface area contributed by atoms with E-state index in [1.165, 1.54) is 7.11 Å². The van der Waals surface area contributed by atoms with Crippen molar-refractivity contribution in [3.05, 3.63) is 24.3 Å². The van der Waals surface area contributed by atoms with Gasteiger partial charge in [0.1, 0.15) is 0 Å². The number of carbonyl (C=O) groups excluding carboxylic acids is 1. The van der Waals surface area contributed by atoms with E-state index in [1.54, 1.807) is 0 Å². The van der Waals surface area contributed by atoms with Crippen molar-refractivity contribution in [2.45, 2.75) is 38.3 Å². The lowest BCUT2D eigenvalue weighted by atomic mass is 10.0. The smallest absolute Gasteiger partial charge is 0.411 e. The van der Waals surface area contributed by atoms with Crippen molar-refractivity contribution in [2.24, 2.45) is 0 Å². The molecule has 0 radical (unpaired) electrons. The van der Waals surface area contributed by atoms with Crippen LogP contribution in [0.2, 0.25) is 0 Å². The minimum Gasteiger partial charge on any atom is -0.453 e. The van der Waals surface area contributed by atoms with Crippen LogP contribution in [0.25, 0.3) is 0 Å². The Balaban J connectivity index is 1.95. The van der Waals surface area contributed by atoms with Gasteiger partial charge in [0.05, 0.1) is 13.2 Å². The average molecular weight is 278 g/mol. The lowest BCUT2D eigenvalue weighted by Crippen LogP contribution is -2.33. The van der Waals surface area contributed by atoms with E-state index in [0.717, 1.165) is 37.2 Å². The van der Waals surface area contributed by atoms with Crippen LogP contribution >= 0.6 is 0 Å². The Kier molecular flexibility index (Phi) is 5.24. The largest absolute Gasteiger partial charge is 0.453 e. The summed E-state index contributed by atoms with van der Waals surface area (Å²) in [7, 11) is 1.35. The highest BCUT2D eigenvalue weighted by Gasteiger charge is 2.21. The Hall–Kier alpha value is -1.75. The molecule has 110 valence electrons. The molecule has 5 nitrogen and oxygen atoms in total. The maximum Gasteiger partial charge on any atom is 0.411 e. The fraction of sp³-hybridized carbons (Fsp3) is 0.533. The standard InChI is InChI=1S/C15H22N2O3/c1-3-14-10-13(7-8-20-14)16-11-5-4-6-12(9-11)17-15(18)19-2/h4-6,9,13-14,16H,3,7-8,10H2,1-2H3,(H,17,18). The third kappa shape index (κ3) is 4.13. The van der Waals surface area contributed by atoms with Crippen LogP contribution < -0.4 is 10.6 Å². The Morgan fingerprint density at radius 3 is 3.00 bits per heavy atom. The van der Waals surface area contributed by atoms with Crippen molar-refractivity contribution in [3.63, 3.8) is 0 Å². The van der Waals surface area contributed by atoms with Gasteiger partial charge in [-0.2, -0.15) is 0 Å². The highest BCUT2D eigenvalue weighted by molar-refractivity contribution is 5.85. The van der Waals surface area contributed by atoms with Crippen LogP contribution in [0.3, 0.4) is 0 Å². The van der Waals surface area contributed by atoms with Gasteiger partial charge in [-0.3, -0.25) is 5.32 Å². The Bertz CT molecular complexity index is 450. The maximum atomic E-state index is 11.2. The number of hydrogen-bond donors (Lipinski definition) is 2. The third-order valence-corrected chi connectivity index (χ3v) is 3.49. The lowest BCUT2D eigenvalue weighted by Gasteiger charge is -2.30.